The Hall–Kier alpha value is -2.63. The first-order valence-corrected chi connectivity index (χ1v) is 8.68. The van der Waals surface area contributed by atoms with E-state index < -0.39 is 10.7 Å². The minimum absolute atomic E-state index is 0.138. The van der Waals surface area contributed by atoms with E-state index in [2.05, 4.69) is 12.1 Å². The van der Waals surface area contributed by atoms with Crippen LogP contribution in [0, 0.1) is 15.9 Å². The van der Waals surface area contributed by atoms with Gasteiger partial charge in [-0.25, -0.2) is 4.39 Å². The number of nitro benzene ring substituents is 1. The van der Waals surface area contributed by atoms with Gasteiger partial charge in [-0.1, -0.05) is 24.3 Å². The monoisotopic (exact) mass is 341 g/mol. The fraction of sp³-hybridized carbons (Fsp3) is 0.368. The highest BCUT2D eigenvalue weighted by Gasteiger charge is 2.27. The Bertz CT molecular complexity index is 818. The average molecular weight is 341 g/mol. The van der Waals surface area contributed by atoms with Crippen molar-refractivity contribution in [3.63, 3.8) is 0 Å². The van der Waals surface area contributed by atoms with E-state index in [0.717, 1.165) is 38.4 Å². The van der Waals surface area contributed by atoms with Gasteiger partial charge in [0.15, 0.2) is 5.82 Å². The molecule has 0 atom stereocenters. The third kappa shape index (κ3) is 2.92. The lowest BCUT2D eigenvalue weighted by atomic mass is 9.99. The molecule has 2 aromatic rings. The predicted molar refractivity (Wildman–Crippen MR) is 95.7 cm³/mol. The molecule has 6 heteroatoms. The largest absolute Gasteiger partial charge is 0.366 e. The second kappa shape index (κ2) is 6.35. The van der Waals surface area contributed by atoms with Crippen LogP contribution < -0.4 is 9.80 Å². The van der Waals surface area contributed by atoms with Gasteiger partial charge in [-0.2, -0.15) is 0 Å². The fourth-order valence-corrected chi connectivity index (χ4v) is 3.84. The molecule has 0 aliphatic carbocycles. The van der Waals surface area contributed by atoms with E-state index in [0.29, 0.717) is 24.5 Å². The molecule has 0 spiro atoms. The molecular formula is C19H20FN3O2. The first kappa shape index (κ1) is 15.9. The lowest BCUT2D eigenvalue weighted by molar-refractivity contribution is -0.384. The SMILES string of the molecule is O=[N+]([O-])c1cc(F)c(N2CCc3ccccc3C2)cc1N1CCCC1. The Balaban J connectivity index is 1.72. The second-order valence-electron chi connectivity index (χ2n) is 6.68. The summed E-state index contributed by atoms with van der Waals surface area (Å²) in [5.41, 5.74) is 3.34. The lowest BCUT2D eigenvalue weighted by Gasteiger charge is -2.31. The molecule has 130 valence electrons. The first-order chi connectivity index (χ1) is 12.1. The van der Waals surface area contributed by atoms with Crippen molar-refractivity contribution in [3.05, 3.63) is 63.5 Å². The van der Waals surface area contributed by atoms with Gasteiger partial charge in [0.2, 0.25) is 0 Å². The van der Waals surface area contributed by atoms with Gasteiger partial charge in [0.1, 0.15) is 5.69 Å². The summed E-state index contributed by atoms with van der Waals surface area (Å²) in [6, 6.07) is 10.9. The lowest BCUT2D eigenvalue weighted by Crippen LogP contribution is -2.31. The zero-order valence-electron chi connectivity index (χ0n) is 13.9. The number of nitrogens with zero attached hydrogens (tertiary/aromatic N) is 3. The molecule has 0 radical (unpaired) electrons. The van der Waals surface area contributed by atoms with Gasteiger partial charge in [-0.05, 0) is 36.5 Å². The number of hydrogen-bond acceptors (Lipinski definition) is 4. The van der Waals surface area contributed by atoms with Crippen LogP contribution in [0.3, 0.4) is 0 Å². The van der Waals surface area contributed by atoms with Gasteiger partial charge in [0, 0.05) is 26.2 Å². The molecule has 2 heterocycles. The molecule has 2 aromatic carbocycles. The van der Waals surface area contributed by atoms with Gasteiger partial charge < -0.3 is 9.80 Å². The van der Waals surface area contributed by atoms with Crippen LogP contribution in [-0.4, -0.2) is 24.6 Å². The molecule has 4 rings (SSSR count). The highest BCUT2D eigenvalue weighted by atomic mass is 19.1. The van der Waals surface area contributed by atoms with E-state index in [1.165, 1.54) is 11.1 Å². The fourth-order valence-electron chi connectivity index (χ4n) is 3.84. The maximum Gasteiger partial charge on any atom is 0.295 e. The van der Waals surface area contributed by atoms with E-state index >= 15 is 0 Å². The van der Waals surface area contributed by atoms with Crippen LogP contribution in [0.2, 0.25) is 0 Å². The summed E-state index contributed by atoms with van der Waals surface area (Å²) in [4.78, 5) is 14.9. The molecule has 0 saturated carbocycles. The van der Waals surface area contributed by atoms with Gasteiger partial charge in [-0.15, -0.1) is 0 Å². The van der Waals surface area contributed by atoms with E-state index in [1.54, 1.807) is 6.07 Å². The van der Waals surface area contributed by atoms with Crippen LogP contribution in [0.25, 0.3) is 0 Å². The number of anilines is 2. The molecule has 0 amide bonds. The van der Waals surface area contributed by atoms with Crippen molar-refractivity contribution < 1.29 is 9.31 Å². The van der Waals surface area contributed by atoms with E-state index in [-0.39, 0.29) is 5.69 Å². The average Bonchev–Trinajstić information content (AvgIpc) is 3.15. The van der Waals surface area contributed by atoms with Crippen LogP contribution in [-0.2, 0) is 13.0 Å². The van der Waals surface area contributed by atoms with Crippen LogP contribution in [0.5, 0.6) is 0 Å². The van der Waals surface area contributed by atoms with Gasteiger partial charge >= 0.3 is 0 Å². The minimum atomic E-state index is -0.519. The number of benzene rings is 2. The number of rotatable bonds is 3. The Morgan fingerprint density at radius 3 is 2.40 bits per heavy atom. The summed E-state index contributed by atoms with van der Waals surface area (Å²) in [5, 5.41) is 11.4. The number of fused-ring (bicyclic) bond motifs is 1. The third-order valence-corrected chi connectivity index (χ3v) is 5.16. The van der Waals surface area contributed by atoms with E-state index in [9.17, 15) is 14.5 Å². The minimum Gasteiger partial charge on any atom is -0.366 e. The summed E-state index contributed by atoms with van der Waals surface area (Å²) in [6.45, 7) is 2.92. The molecule has 1 saturated heterocycles. The topological polar surface area (TPSA) is 49.6 Å². The van der Waals surface area contributed by atoms with Crippen molar-refractivity contribution in [2.45, 2.75) is 25.8 Å². The number of hydrogen-bond donors (Lipinski definition) is 0. The van der Waals surface area contributed by atoms with Crippen molar-refractivity contribution in [1.82, 2.24) is 0 Å². The smallest absolute Gasteiger partial charge is 0.295 e. The molecular weight excluding hydrogens is 321 g/mol. The van der Waals surface area contributed by atoms with Crippen LogP contribution in [0.4, 0.5) is 21.5 Å². The zero-order valence-corrected chi connectivity index (χ0v) is 13.9. The molecule has 5 nitrogen and oxygen atoms in total. The van der Waals surface area contributed by atoms with Crippen LogP contribution in [0.15, 0.2) is 36.4 Å². The second-order valence-corrected chi connectivity index (χ2v) is 6.68. The molecule has 0 unspecified atom stereocenters. The molecule has 25 heavy (non-hydrogen) atoms. The van der Waals surface area contributed by atoms with E-state index in [4.69, 9.17) is 0 Å². The normalized spacial score (nSPS) is 16.8. The van der Waals surface area contributed by atoms with Crippen molar-refractivity contribution >= 4 is 17.1 Å². The van der Waals surface area contributed by atoms with Crippen LogP contribution >= 0.6 is 0 Å². The summed E-state index contributed by atoms with van der Waals surface area (Å²) in [7, 11) is 0. The Morgan fingerprint density at radius 2 is 1.68 bits per heavy atom. The standard InChI is InChI=1S/C19H20FN3O2/c20-16-11-19(23(24)25)18(21-8-3-4-9-21)12-17(16)22-10-7-14-5-1-2-6-15(14)13-22/h1-2,5-6,11-12H,3-4,7-10,13H2. The highest BCUT2D eigenvalue weighted by molar-refractivity contribution is 5.71. The molecule has 2 aliphatic rings. The Morgan fingerprint density at radius 1 is 0.960 bits per heavy atom. The molecule has 1 fully saturated rings. The maximum absolute atomic E-state index is 14.7. The highest BCUT2D eigenvalue weighted by Crippen LogP contribution is 2.37. The molecule has 0 aromatic heterocycles. The quantitative estimate of drug-likeness (QED) is 0.628. The Labute approximate surface area is 145 Å². The van der Waals surface area contributed by atoms with Crippen molar-refractivity contribution in [2.75, 3.05) is 29.4 Å². The summed E-state index contributed by atoms with van der Waals surface area (Å²) >= 11 is 0. The van der Waals surface area contributed by atoms with E-state index in [1.807, 2.05) is 21.9 Å². The zero-order chi connectivity index (χ0) is 17.4. The summed E-state index contributed by atoms with van der Waals surface area (Å²) < 4.78 is 14.7. The third-order valence-electron chi connectivity index (χ3n) is 5.16. The van der Waals surface area contributed by atoms with Crippen molar-refractivity contribution in [1.29, 1.82) is 0 Å². The summed E-state index contributed by atoms with van der Waals surface area (Å²) in [5.74, 6) is -0.519. The Kier molecular flexibility index (Phi) is 4.03. The number of halogens is 1. The van der Waals surface area contributed by atoms with Crippen molar-refractivity contribution in [2.24, 2.45) is 0 Å². The van der Waals surface area contributed by atoms with Crippen molar-refractivity contribution in [3.8, 4) is 0 Å². The first-order valence-electron chi connectivity index (χ1n) is 8.68. The number of nitro groups is 1. The molecule has 0 bridgehead atoms. The molecule has 2 aliphatic heterocycles. The predicted octanol–water partition coefficient (Wildman–Crippen LogP) is 3.90. The van der Waals surface area contributed by atoms with Gasteiger partial charge in [0.25, 0.3) is 5.69 Å². The summed E-state index contributed by atoms with van der Waals surface area (Å²) in [6.07, 6.45) is 2.88. The van der Waals surface area contributed by atoms with Gasteiger partial charge in [-0.3, -0.25) is 10.1 Å². The molecule has 0 N–H and O–H groups in total. The van der Waals surface area contributed by atoms with Gasteiger partial charge in [0.05, 0.1) is 16.7 Å². The van der Waals surface area contributed by atoms with Crippen LogP contribution in [0.1, 0.15) is 24.0 Å². The maximum atomic E-state index is 14.7.